The van der Waals surface area contributed by atoms with Gasteiger partial charge in [0.1, 0.15) is 17.2 Å². The summed E-state index contributed by atoms with van der Waals surface area (Å²) >= 11 is 12.3. The van der Waals surface area contributed by atoms with E-state index in [4.69, 9.17) is 27.9 Å². The first-order chi connectivity index (χ1) is 12.4. The first kappa shape index (κ1) is 19.5. The van der Waals surface area contributed by atoms with E-state index < -0.39 is 10.0 Å². The van der Waals surface area contributed by atoms with Crippen LogP contribution in [0.15, 0.2) is 47.4 Å². The van der Waals surface area contributed by atoms with Crippen molar-refractivity contribution in [3.05, 3.63) is 58.1 Å². The van der Waals surface area contributed by atoms with Crippen molar-refractivity contribution in [2.24, 2.45) is 0 Å². The highest BCUT2D eigenvalue weighted by Gasteiger charge is 2.32. The molecule has 0 aromatic heterocycles. The molecule has 140 valence electrons. The van der Waals surface area contributed by atoms with Crippen molar-refractivity contribution in [1.82, 2.24) is 4.31 Å². The molecule has 1 fully saturated rings. The Bertz CT molecular complexity index is 868. The first-order valence-electron chi connectivity index (χ1n) is 8.32. The molecular weight excluding hydrogens is 395 g/mol. The minimum atomic E-state index is -3.69. The molecule has 0 amide bonds. The summed E-state index contributed by atoms with van der Waals surface area (Å²) in [5.41, 5.74) is 1.25. The van der Waals surface area contributed by atoms with E-state index >= 15 is 0 Å². The minimum Gasteiger partial charge on any atom is -0.495 e. The molecule has 2 aromatic carbocycles. The van der Waals surface area contributed by atoms with Crippen LogP contribution in [-0.2, 0) is 16.6 Å². The maximum Gasteiger partial charge on any atom is 0.245 e. The van der Waals surface area contributed by atoms with Gasteiger partial charge >= 0.3 is 0 Å². The van der Waals surface area contributed by atoms with Gasteiger partial charge in [0.15, 0.2) is 0 Å². The monoisotopic (exact) mass is 415 g/mol. The average Bonchev–Trinajstić information content (AvgIpc) is 2.64. The van der Waals surface area contributed by atoms with Gasteiger partial charge in [0, 0.05) is 11.6 Å². The molecule has 8 heteroatoms. The lowest BCUT2D eigenvalue weighted by atomic mass is 10.2. The third-order valence-electron chi connectivity index (χ3n) is 4.55. The fourth-order valence-electron chi connectivity index (χ4n) is 3.11. The standard InChI is InChI=1S/C18H20Cl2N2O3S/c1-25-17-11-16(20)18(12-15(17)19)26(23,24)22-9-7-21(8-10-22)13-14-5-3-2-4-6-14/h2-6,11-12H,7-10,13H2,1H3/p+1. The quantitative estimate of drug-likeness (QED) is 0.813. The van der Waals surface area contributed by atoms with Gasteiger partial charge < -0.3 is 9.64 Å². The highest BCUT2D eigenvalue weighted by molar-refractivity contribution is 7.89. The molecule has 1 heterocycles. The highest BCUT2D eigenvalue weighted by Crippen LogP contribution is 2.34. The Hall–Kier alpha value is -1.31. The summed E-state index contributed by atoms with van der Waals surface area (Å²) in [4.78, 5) is 1.39. The van der Waals surface area contributed by atoms with Gasteiger partial charge in [-0.3, -0.25) is 0 Å². The van der Waals surface area contributed by atoms with Crippen molar-refractivity contribution in [3.63, 3.8) is 0 Å². The minimum absolute atomic E-state index is 0.0245. The maximum absolute atomic E-state index is 13.0. The maximum atomic E-state index is 13.0. The van der Waals surface area contributed by atoms with Crippen LogP contribution in [0.1, 0.15) is 5.56 Å². The van der Waals surface area contributed by atoms with Crippen LogP contribution in [0.25, 0.3) is 0 Å². The van der Waals surface area contributed by atoms with Crippen LogP contribution in [0.4, 0.5) is 0 Å². The molecule has 0 unspecified atom stereocenters. The largest absolute Gasteiger partial charge is 0.495 e. The number of ether oxygens (including phenoxy) is 1. The number of methoxy groups -OCH3 is 1. The molecule has 1 saturated heterocycles. The number of halogens is 2. The van der Waals surface area contributed by atoms with E-state index in [0.29, 0.717) is 18.8 Å². The molecule has 2 aromatic rings. The van der Waals surface area contributed by atoms with E-state index in [-0.39, 0.29) is 14.9 Å². The van der Waals surface area contributed by atoms with E-state index in [0.717, 1.165) is 19.6 Å². The Labute approximate surface area is 164 Å². The molecule has 0 bridgehead atoms. The lowest BCUT2D eigenvalue weighted by Crippen LogP contribution is -3.13. The highest BCUT2D eigenvalue weighted by atomic mass is 35.5. The van der Waals surface area contributed by atoms with E-state index in [1.165, 1.54) is 34.0 Å². The first-order valence-corrected chi connectivity index (χ1v) is 10.5. The Balaban J connectivity index is 1.71. The smallest absolute Gasteiger partial charge is 0.245 e. The second-order valence-corrected chi connectivity index (χ2v) is 8.95. The molecule has 1 aliphatic rings. The number of hydrogen-bond acceptors (Lipinski definition) is 3. The number of nitrogens with zero attached hydrogens (tertiary/aromatic N) is 1. The predicted molar refractivity (Wildman–Crippen MR) is 103 cm³/mol. The summed E-state index contributed by atoms with van der Waals surface area (Å²) in [7, 11) is -2.23. The molecule has 3 rings (SSSR count). The zero-order valence-corrected chi connectivity index (χ0v) is 16.7. The van der Waals surface area contributed by atoms with E-state index in [1.807, 2.05) is 18.2 Å². The molecule has 1 N–H and O–H groups in total. The zero-order valence-electron chi connectivity index (χ0n) is 14.4. The SMILES string of the molecule is COc1cc(Cl)c(S(=O)(=O)N2CC[NH+](Cc3ccccc3)CC2)cc1Cl. The Morgan fingerprint density at radius 1 is 1.08 bits per heavy atom. The lowest BCUT2D eigenvalue weighted by molar-refractivity contribution is -0.917. The van der Waals surface area contributed by atoms with Gasteiger partial charge in [0.2, 0.25) is 10.0 Å². The van der Waals surface area contributed by atoms with E-state index in [1.54, 1.807) is 0 Å². The number of rotatable bonds is 5. The molecule has 26 heavy (non-hydrogen) atoms. The molecule has 0 radical (unpaired) electrons. The second kappa shape index (κ2) is 8.15. The second-order valence-electron chi connectivity index (χ2n) is 6.23. The molecular formula is C18H21Cl2N2O3S+. The molecule has 5 nitrogen and oxygen atoms in total. The van der Waals surface area contributed by atoms with Gasteiger partial charge in [0.25, 0.3) is 0 Å². The van der Waals surface area contributed by atoms with Crippen molar-refractivity contribution in [3.8, 4) is 5.75 Å². The molecule has 0 atom stereocenters. The number of piperazine rings is 1. The van der Waals surface area contributed by atoms with Crippen LogP contribution < -0.4 is 9.64 Å². The van der Waals surface area contributed by atoms with Gasteiger partial charge in [-0.2, -0.15) is 4.31 Å². The number of nitrogens with one attached hydrogen (secondary N) is 1. The lowest BCUT2D eigenvalue weighted by Gasteiger charge is -2.31. The summed E-state index contributed by atoms with van der Waals surface area (Å²) < 4.78 is 32.5. The molecule has 0 spiro atoms. The third-order valence-corrected chi connectivity index (χ3v) is 7.21. The zero-order chi connectivity index (χ0) is 18.7. The summed E-state index contributed by atoms with van der Waals surface area (Å²) in [5, 5.41) is 0.342. The normalized spacial score (nSPS) is 16.6. The number of quaternary nitrogens is 1. The molecule has 0 saturated carbocycles. The molecule has 1 aliphatic heterocycles. The summed E-state index contributed by atoms with van der Waals surface area (Å²) in [6, 6.07) is 13.0. The fourth-order valence-corrected chi connectivity index (χ4v) is 5.37. The average molecular weight is 416 g/mol. The van der Waals surface area contributed by atoms with Gasteiger partial charge in [-0.1, -0.05) is 53.5 Å². The Morgan fingerprint density at radius 2 is 1.73 bits per heavy atom. The summed E-state index contributed by atoms with van der Waals surface area (Å²) in [6.07, 6.45) is 0. The number of benzene rings is 2. The topological polar surface area (TPSA) is 51.1 Å². The van der Waals surface area contributed by atoms with Crippen molar-refractivity contribution in [2.75, 3.05) is 33.3 Å². The predicted octanol–water partition coefficient (Wildman–Crippen LogP) is 2.09. The summed E-state index contributed by atoms with van der Waals surface area (Å²) in [6.45, 7) is 3.28. The van der Waals surface area contributed by atoms with Crippen LogP contribution >= 0.6 is 23.2 Å². The van der Waals surface area contributed by atoms with Crippen LogP contribution in [0.3, 0.4) is 0 Å². The van der Waals surface area contributed by atoms with E-state index in [2.05, 4.69) is 12.1 Å². The third kappa shape index (κ3) is 4.15. The van der Waals surface area contributed by atoms with Crippen LogP contribution in [0, 0.1) is 0 Å². The van der Waals surface area contributed by atoms with Crippen LogP contribution in [0.2, 0.25) is 10.0 Å². The van der Waals surface area contributed by atoms with E-state index in [9.17, 15) is 8.42 Å². The molecule has 0 aliphatic carbocycles. The van der Waals surface area contributed by atoms with Crippen molar-refractivity contribution < 1.29 is 18.1 Å². The van der Waals surface area contributed by atoms with Gasteiger partial charge in [0.05, 0.1) is 43.3 Å². The Morgan fingerprint density at radius 3 is 2.35 bits per heavy atom. The van der Waals surface area contributed by atoms with Gasteiger partial charge in [-0.25, -0.2) is 8.42 Å². The van der Waals surface area contributed by atoms with Crippen LogP contribution in [-0.4, -0.2) is 46.0 Å². The van der Waals surface area contributed by atoms with Gasteiger partial charge in [-0.05, 0) is 6.07 Å². The Kier molecular flexibility index (Phi) is 6.10. The number of sulfonamides is 1. The summed E-state index contributed by atoms with van der Waals surface area (Å²) in [5.74, 6) is 0.354. The number of hydrogen-bond donors (Lipinski definition) is 1. The van der Waals surface area contributed by atoms with Crippen molar-refractivity contribution in [1.29, 1.82) is 0 Å². The van der Waals surface area contributed by atoms with Crippen LogP contribution in [0.5, 0.6) is 5.75 Å². The van der Waals surface area contributed by atoms with Crippen molar-refractivity contribution in [2.45, 2.75) is 11.4 Å². The fraction of sp³-hybridized carbons (Fsp3) is 0.333. The van der Waals surface area contributed by atoms with Crippen molar-refractivity contribution >= 4 is 33.2 Å². The van der Waals surface area contributed by atoms with Gasteiger partial charge in [-0.15, -0.1) is 0 Å².